The lowest BCUT2D eigenvalue weighted by molar-refractivity contribution is -0.159. The van der Waals surface area contributed by atoms with Gasteiger partial charge in [0.2, 0.25) is 0 Å². The first-order valence-corrected chi connectivity index (χ1v) is 13.1. The van der Waals surface area contributed by atoms with E-state index in [0.717, 1.165) is 61.0 Å². The number of benzene rings is 3. The number of piperazine rings is 1. The summed E-state index contributed by atoms with van der Waals surface area (Å²) in [6.45, 7) is 4.33. The predicted molar refractivity (Wildman–Crippen MR) is 152 cm³/mol. The highest BCUT2D eigenvalue weighted by Gasteiger charge is 2.36. The van der Waals surface area contributed by atoms with Crippen LogP contribution in [0.1, 0.15) is 17.5 Å². The Balaban J connectivity index is 0.000000696. The van der Waals surface area contributed by atoms with Gasteiger partial charge in [-0.05, 0) is 60.9 Å². The Morgan fingerprint density at radius 2 is 1.59 bits per heavy atom. The summed E-state index contributed by atoms with van der Waals surface area (Å²) in [5.41, 5.74) is 2.27. The summed E-state index contributed by atoms with van der Waals surface area (Å²) < 4.78 is 24.4. The second kappa shape index (κ2) is 14.7. The van der Waals surface area contributed by atoms with Gasteiger partial charge in [-0.15, -0.1) is 0 Å². The van der Waals surface area contributed by atoms with Crippen molar-refractivity contribution in [2.24, 2.45) is 0 Å². The zero-order valence-corrected chi connectivity index (χ0v) is 23.1. The van der Waals surface area contributed by atoms with Crippen LogP contribution < -0.4 is 14.4 Å². The molecule has 10 heteroatoms. The van der Waals surface area contributed by atoms with Crippen molar-refractivity contribution in [2.75, 3.05) is 51.8 Å². The minimum atomic E-state index is -1.82. The topological polar surface area (TPSA) is 123 Å². The molecular weight excluding hydrogens is 529 g/mol. The van der Waals surface area contributed by atoms with E-state index in [1.807, 2.05) is 60.7 Å². The Bertz CT molecular complexity index is 1340. The first-order valence-electron chi connectivity index (χ1n) is 13.1. The van der Waals surface area contributed by atoms with Crippen LogP contribution in [0.2, 0.25) is 0 Å². The van der Waals surface area contributed by atoms with E-state index in [1.54, 1.807) is 14.2 Å². The zero-order valence-electron chi connectivity index (χ0n) is 23.1. The van der Waals surface area contributed by atoms with Crippen molar-refractivity contribution >= 4 is 17.6 Å². The van der Waals surface area contributed by atoms with E-state index >= 15 is 0 Å². The largest absolute Gasteiger partial charge is 0.497 e. The maximum absolute atomic E-state index is 13.3. The summed E-state index contributed by atoms with van der Waals surface area (Å²) in [6.07, 6.45) is 1.24. The number of nitrogens with zero attached hydrogens (tertiary/aromatic N) is 3. The number of carbonyl (C=O) groups is 2. The van der Waals surface area contributed by atoms with Crippen molar-refractivity contribution in [2.45, 2.75) is 18.3 Å². The number of ether oxygens (including phenoxy) is 2. The van der Waals surface area contributed by atoms with E-state index in [9.17, 15) is 9.65 Å². The highest BCUT2D eigenvalue weighted by atomic mass is 19.1. The fraction of sp³-hybridized carbons (Fsp3) is 0.323. The number of methoxy groups -OCH3 is 2. The molecule has 1 fully saturated rings. The molecule has 0 bridgehead atoms. The molecule has 0 saturated carbocycles. The number of aliphatic carboxylic acids is 2. The van der Waals surface area contributed by atoms with Crippen LogP contribution in [0.25, 0.3) is 0 Å². The second-order valence-corrected chi connectivity index (χ2v) is 9.59. The normalized spacial score (nSPS) is 14.5. The maximum Gasteiger partial charge on any atom is 0.414 e. The van der Waals surface area contributed by atoms with Crippen molar-refractivity contribution in [1.82, 2.24) is 4.90 Å². The van der Waals surface area contributed by atoms with E-state index in [0.29, 0.717) is 12.8 Å². The number of carboxylic acids is 2. The molecule has 216 valence electrons. The summed E-state index contributed by atoms with van der Waals surface area (Å²) in [5, 5.41) is 25.4. The van der Waals surface area contributed by atoms with Gasteiger partial charge in [0, 0.05) is 44.0 Å². The Kier molecular flexibility index (Phi) is 11.1. The first-order chi connectivity index (χ1) is 19.7. The third kappa shape index (κ3) is 8.43. The number of para-hydroxylation sites is 1. The first kappa shape index (κ1) is 30.9. The standard InChI is InChI=1S/C29H32FN3O2.C2H2O4/c1-34-26-7-5-6-23(20-26)21-29(22-31,27-8-3-4-9-28(27)35-2)14-15-32-16-18-33(19-17-32)25-12-10-24(30)11-13-25;3-1(4)2(5)6/h3-13,20H,14-19,21H2,1-2H3;(H,3,4)(H,5,6). The van der Waals surface area contributed by atoms with Crippen LogP contribution >= 0.6 is 0 Å². The number of hydrogen-bond acceptors (Lipinski definition) is 7. The zero-order chi connectivity index (χ0) is 29.8. The fourth-order valence-electron chi connectivity index (χ4n) is 4.88. The van der Waals surface area contributed by atoms with Gasteiger partial charge >= 0.3 is 11.9 Å². The Morgan fingerprint density at radius 1 is 0.927 bits per heavy atom. The smallest absolute Gasteiger partial charge is 0.414 e. The molecule has 0 aromatic heterocycles. The monoisotopic (exact) mass is 563 g/mol. The lowest BCUT2D eigenvalue weighted by atomic mass is 9.73. The lowest BCUT2D eigenvalue weighted by Crippen LogP contribution is -2.47. The lowest BCUT2D eigenvalue weighted by Gasteiger charge is -2.38. The molecular formula is C31H34FN3O6. The van der Waals surface area contributed by atoms with Crippen molar-refractivity contribution in [1.29, 1.82) is 5.26 Å². The third-order valence-electron chi connectivity index (χ3n) is 7.08. The minimum absolute atomic E-state index is 0.215. The van der Waals surface area contributed by atoms with Crippen LogP contribution in [0.3, 0.4) is 0 Å². The molecule has 1 saturated heterocycles. The van der Waals surface area contributed by atoms with Gasteiger partial charge in [-0.3, -0.25) is 4.90 Å². The number of anilines is 1. The summed E-state index contributed by atoms with van der Waals surface area (Å²) in [7, 11) is 3.31. The van der Waals surface area contributed by atoms with E-state index in [-0.39, 0.29) is 5.82 Å². The fourth-order valence-corrected chi connectivity index (χ4v) is 4.88. The van der Waals surface area contributed by atoms with Gasteiger partial charge in [-0.1, -0.05) is 30.3 Å². The van der Waals surface area contributed by atoms with Crippen LogP contribution in [0.5, 0.6) is 11.5 Å². The van der Waals surface area contributed by atoms with Crippen LogP contribution in [0.15, 0.2) is 72.8 Å². The summed E-state index contributed by atoms with van der Waals surface area (Å²) in [4.78, 5) is 22.9. The van der Waals surface area contributed by atoms with Gasteiger partial charge in [0.25, 0.3) is 0 Å². The van der Waals surface area contributed by atoms with E-state index in [2.05, 4.69) is 15.9 Å². The molecule has 3 aromatic rings. The summed E-state index contributed by atoms with van der Waals surface area (Å²) in [6, 6.07) is 25.1. The Hall–Kier alpha value is -4.62. The molecule has 1 unspecified atom stereocenters. The molecule has 0 aliphatic carbocycles. The average Bonchev–Trinajstić information content (AvgIpc) is 3.00. The second-order valence-electron chi connectivity index (χ2n) is 9.59. The molecule has 0 radical (unpaired) electrons. The van der Waals surface area contributed by atoms with Gasteiger partial charge in [0.15, 0.2) is 0 Å². The quantitative estimate of drug-likeness (QED) is 0.369. The Morgan fingerprint density at radius 3 is 2.17 bits per heavy atom. The third-order valence-corrected chi connectivity index (χ3v) is 7.08. The van der Waals surface area contributed by atoms with Crippen LogP contribution in [-0.4, -0.2) is 74.0 Å². The molecule has 41 heavy (non-hydrogen) atoms. The van der Waals surface area contributed by atoms with Crippen molar-refractivity contribution in [3.8, 4) is 17.6 Å². The highest BCUT2D eigenvalue weighted by molar-refractivity contribution is 6.27. The number of hydrogen-bond donors (Lipinski definition) is 2. The summed E-state index contributed by atoms with van der Waals surface area (Å²) >= 11 is 0. The molecule has 3 aromatic carbocycles. The maximum atomic E-state index is 13.3. The average molecular weight is 564 g/mol. The number of nitriles is 1. The molecule has 4 rings (SSSR count). The number of rotatable bonds is 9. The van der Waals surface area contributed by atoms with Gasteiger partial charge in [0.05, 0.1) is 25.7 Å². The molecule has 2 N–H and O–H groups in total. The Labute approximate surface area is 239 Å². The predicted octanol–water partition coefficient (Wildman–Crippen LogP) is 4.21. The van der Waals surface area contributed by atoms with Crippen molar-refractivity contribution in [3.63, 3.8) is 0 Å². The molecule has 1 atom stereocenters. The van der Waals surface area contributed by atoms with E-state index < -0.39 is 17.4 Å². The number of carboxylic acid groups (broad SMARTS) is 2. The van der Waals surface area contributed by atoms with Gasteiger partial charge in [-0.2, -0.15) is 5.26 Å². The number of halogens is 1. The molecule has 1 aliphatic heterocycles. The molecule has 1 aliphatic rings. The summed E-state index contributed by atoms with van der Waals surface area (Å²) in [5.74, 6) is -2.35. The van der Waals surface area contributed by atoms with Crippen molar-refractivity contribution < 1.29 is 33.7 Å². The molecule has 0 amide bonds. The van der Waals surface area contributed by atoms with Gasteiger partial charge in [0.1, 0.15) is 17.3 Å². The van der Waals surface area contributed by atoms with E-state index in [4.69, 9.17) is 29.3 Å². The van der Waals surface area contributed by atoms with Gasteiger partial charge < -0.3 is 24.6 Å². The molecule has 0 spiro atoms. The van der Waals surface area contributed by atoms with E-state index in [1.165, 1.54) is 12.1 Å². The molecule has 1 heterocycles. The van der Waals surface area contributed by atoms with Crippen LogP contribution in [0, 0.1) is 17.1 Å². The highest BCUT2D eigenvalue weighted by Crippen LogP contribution is 2.38. The van der Waals surface area contributed by atoms with Gasteiger partial charge in [-0.25, -0.2) is 14.0 Å². The van der Waals surface area contributed by atoms with Crippen LogP contribution in [0.4, 0.5) is 10.1 Å². The molecule has 9 nitrogen and oxygen atoms in total. The SMILES string of the molecule is COc1cccc(CC(C#N)(CCN2CCN(c3ccc(F)cc3)CC2)c2ccccc2OC)c1.O=C(O)C(=O)O. The van der Waals surface area contributed by atoms with Crippen molar-refractivity contribution in [3.05, 3.63) is 89.7 Å². The van der Waals surface area contributed by atoms with Crippen LogP contribution in [-0.2, 0) is 21.4 Å². The minimum Gasteiger partial charge on any atom is -0.497 e.